The smallest absolute Gasteiger partial charge is 0.275 e. The lowest BCUT2D eigenvalue weighted by atomic mass is 10.7. The third kappa shape index (κ3) is 0.627. The van der Waals surface area contributed by atoms with E-state index in [0.717, 1.165) is 0 Å². The van der Waals surface area contributed by atoms with Crippen molar-refractivity contribution >= 4 is 18.0 Å². The zero-order chi connectivity index (χ0) is 4.41. The van der Waals surface area contributed by atoms with E-state index in [0.29, 0.717) is 0 Å². The molecule has 1 rings (SSSR count). The molecule has 0 amide bonds. The number of hydrogen-bond donors (Lipinski definition) is 0. The molecular formula is C3HClNO. The van der Waals surface area contributed by atoms with Gasteiger partial charge in [0.25, 0.3) is 6.40 Å². The second-order valence-corrected chi connectivity index (χ2v) is 1.19. The minimum absolute atomic E-state index is 0.440. The molecule has 0 fully saturated rings. The zero-order valence-corrected chi connectivity index (χ0v) is 3.57. The first-order chi connectivity index (χ1) is 2.89. The maximum Gasteiger partial charge on any atom is 0.275 e. The Bertz CT molecular complexity index is 73.2. The highest BCUT2D eigenvalue weighted by molar-refractivity contribution is 6.21. The molecule has 0 aliphatic carbocycles. The standard InChI is InChI=1S/C3HClNO/c4-3-1-6-2-5-3/h3H. The van der Waals surface area contributed by atoms with Gasteiger partial charge in [0.1, 0.15) is 0 Å². The SMILES string of the molecule is ClC1[C]O[C]=N1. The summed E-state index contributed by atoms with van der Waals surface area (Å²) in [4.78, 5) is 3.42. The maximum absolute atomic E-state index is 5.25. The van der Waals surface area contributed by atoms with Crippen molar-refractivity contribution in [2.45, 2.75) is 5.50 Å². The van der Waals surface area contributed by atoms with Crippen LogP contribution in [-0.2, 0) is 4.74 Å². The number of aliphatic imine (C=N–C) groups is 1. The highest BCUT2D eigenvalue weighted by Gasteiger charge is 2.08. The first-order valence-corrected chi connectivity index (χ1v) is 1.83. The highest BCUT2D eigenvalue weighted by Crippen LogP contribution is 2.06. The summed E-state index contributed by atoms with van der Waals surface area (Å²) in [7, 11) is 0. The topological polar surface area (TPSA) is 21.6 Å². The van der Waals surface area contributed by atoms with Crippen molar-refractivity contribution in [2.24, 2.45) is 4.99 Å². The van der Waals surface area contributed by atoms with Crippen LogP contribution in [0.1, 0.15) is 0 Å². The summed E-state index contributed by atoms with van der Waals surface area (Å²) in [6, 6.07) is 0. The minimum Gasteiger partial charge on any atom is -0.454 e. The summed E-state index contributed by atoms with van der Waals surface area (Å²) in [5.41, 5.74) is -0.440. The summed E-state index contributed by atoms with van der Waals surface area (Å²) in [6.45, 7) is 2.31. The van der Waals surface area contributed by atoms with Crippen LogP contribution in [-0.4, -0.2) is 11.9 Å². The lowest BCUT2D eigenvalue weighted by Crippen LogP contribution is -1.84. The van der Waals surface area contributed by atoms with Crippen molar-refractivity contribution in [3.8, 4) is 0 Å². The van der Waals surface area contributed by atoms with E-state index in [1.165, 1.54) is 0 Å². The van der Waals surface area contributed by atoms with Crippen LogP contribution in [0.25, 0.3) is 0 Å². The Morgan fingerprint density at radius 3 is 2.83 bits per heavy atom. The monoisotopic (exact) mass is 102 g/mol. The van der Waals surface area contributed by atoms with E-state index in [-0.39, 0.29) is 0 Å². The molecule has 0 aromatic rings. The van der Waals surface area contributed by atoms with Gasteiger partial charge in [-0.15, -0.1) is 0 Å². The molecule has 3 heteroatoms. The number of halogens is 1. The Balaban J connectivity index is 2.38. The van der Waals surface area contributed by atoms with Gasteiger partial charge in [-0.3, -0.25) is 0 Å². The molecule has 1 heterocycles. The molecule has 0 spiro atoms. The van der Waals surface area contributed by atoms with Gasteiger partial charge in [0, 0.05) is 0 Å². The predicted molar refractivity (Wildman–Crippen MR) is 21.4 cm³/mol. The molecular weight excluding hydrogens is 101 g/mol. The summed E-state index contributed by atoms with van der Waals surface area (Å²) >= 11 is 5.25. The fourth-order valence-electron chi connectivity index (χ4n) is 0.174. The summed E-state index contributed by atoms with van der Waals surface area (Å²) in [6.07, 6.45) is 2.15. The van der Waals surface area contributed by atoms with Crippen LogP contribution < -0.4 is 0 Å². The van der Waals surface area contributed by atoms with Gasteiger partial charge in [0.15, 0.2) is 5.50 Å². The second kappa shape index (κ2) is 1.47. The highest BCUT2D eigenvalue weighted by atomic mass is 35.5. The van der Waals surface area contributed by atoms with Crippen LogP contribution in [0.15, 0.2) is 4.99 Å². The number of hydrogen-bond acceptors (Lipinski definition) is 2. The number of ether oxygens (including phenoxy) is 1. The Hall–Kier alpha value is -0.240. The van der Waals surface area contributed by atoms with Gasteiger partial charge < -0.3 is 4.74 Å². The molecule has 0 aromatic heterocycles. The van der Waals surface area contributed by atoms with Crippen molar-refractivity contribution in [1.82, 2.24) is 0 Å². The van der Waals surface area contributed by atoms with E-state index >= 15 is 0 Å². The van der Waals surface area contributed by atoms with Crippen LogP contribution in [0, 0.1) is 6.61 Å². The van der Waals surface area contributed by atoms with Crippen LogP contribution in [0.4, 0.5) is 0 Å². The molecule has 6 heavy (non-hydrogen) atoms. The summed E-state index contributed by atoms with van der Waals surface area (Å²) in [5, 5.41) is 0. The molecule has 0 N–H and O–H groups in total. The first kappa shape index (κ1) is 3.93. The Morgan fingerprint density at radius 1 is 1.83 bits per heavy atom. The van der Waals surface area contributed by atoms with Gasteiger partial charge in [-0.1, -0.05) is 11.6 Å². The van der Waals surface area contributed by atoms with E-state index in [9.17, 15) is 0 Å². The number of rotatable bonds is 0. The van der Waals surface area contributed by atoms with Crippen molar-refractivity contribution < 1.29 is 4.74 Å². The first-order valence-electron chi connectivity index (χ1n) is 1.40. The normalized spacial score (nSPS) is 30.5. The zero-order valence-electron chi connectivity index (χ0n) is 2.81. The summed E-state index contributed by atoms with van der Waals surface area (Å²) < 4.78 is 4.26. The Labute approximate surface area is 40.8 Å². The molecule has 1 atom stereocenters. The van der Waals surface area contributed by atoms with Crippen molar-refractivity contribution in [3.05, 3.63) is 6.61 Å². The van der Waals surface area contributed by atoms with Gasteiger partial charge in [-0.2, -0.15) is 0 Å². The van der Waals surface area contributed by atoms with Crippen LogP contribution in [0.2, 0.25) is 0 Å². The Morgan fingerprint density at radius 2 is 2.67 bits per heavy atom. The van der Waals surface area contributed by atoms with E-state index in [2.05, 4.69) is 22.7 Å². The lowest BCUT2D eigenvalue weighted by Gasteiger charge is -1.81. The molecule has 0 saturated carbocycles. The van der Waals surface area contributed by atoms with E-state index in [4.69, 9.17) is 11.6 Å². The average Bonchev–Trinajstić information content (AvgIpc) is 1.86. The number of nitrogens with zero attached hydrogens (tertiary/aromatic N) is 1. The largest absolute Gasteiger partial charge is 0.454 e. The van der Waals surface area contributed by atoms with E-state index in [1.807, 2.05) is 0 Å². The Kier molecular flexibility index (Phi) is 0.965. The lowest BCUT2D eigenvalue weighted by molar-refractivity contribution is 0.436. The third-order valence-corrected chi connectivity index (χ3v) is 0.555. The predicted octanol–water partition coefficient (Wildman–Crippen LogP) is 0.526. The third-order valence-electron chi connectivity index (χ3n) is 0.368. The molecule has 3 radical (unpaired) electrons. The number of alkyl halides is 1. The summed E-state index contributed by atoms with van der Waals surface area (Å²) in [5.74, 6) is 0. The quantitative estimate of drug-likeness (QED) is 0.323. The van der Waals surface area contributed by atoms with E-state index < -0.39 is 5.50 Å². The van der Waals surface area contributed by atoms with Crippen molar-refractivity contribution in [3.63, 3.8) is 0 Å². The fraction of sp³-hybridized carbons (Fsp3) is 0.333. The molecule has 1 aliphatic rings. The molecule has 0 bridgehead atoms. The van der Waals surface area contributed by atoms with Gasteiger partial charge in [-0.05, 0) is 0 Å². The van der Waals surface area contributed by atoms with Crippen molar-refractivity contribution in [1.29, 1.82) is 0 Å². The van der Waals surface area contributed by atoms with Gasteiger partial charge in [0.2, 0.25) is 6.61 Å². The second-order valence-electron chi connectivity index (χ2n) is 0.776. The minimum atomic E-state index is -0.440. The molecule has 2 nitrogen and oxygen atoms in total. The van der Waals surface area contributed by atoms with Gasteiger partial charge in [-0.25, -0.2) is 4.99 Å². The van der Waals surface area contributed by atoms with Gasteiger partial charge in [0.05, 0.1) is 0 Å². The van der Waals surface area contributed by atoms with E-state index in [1.54, 1.807) is 0 Å². The average molecular weight is 102 g/mol. The molecule has 31 valence electrons. The van der Waals surface area contributed by atoms with Gasteiger partial charge >= 0.3 is 0 Å². The van der Waals surface area contributed by atoms with Crippen LogP contribution in [0.5, 0.6) is 0 Å². The molecule has 0 saturated heterocycles. The van der Waals surface area contributed by atoms with Crippen molar-refractivity contribution in [2.75, 3.05) is 0 Å². The molecule has 0 aromatic carbocycles. The van der Waals surface area contributed by atoms with Crippen LogP contribution >= 0.6 is 11.6 Å². The molecule has 1 unspecified atom stereocenters. The maximum atomic E-state index is 5.25. The molecule has 1 aliphatic heterocycles. The van der Waals surface area contributed by atoms with Crippen LogP contribution in [0.3, 0.4) is 0 Å². The fourth-order valence-corrected chi connectivity index (χ4v) is 0.258.